The number of ether oxygens (including phenoxy) is 1. The van der Waals surface area contributed by atoms with E-state index in [-0.39, 0.29) is 10.5 Å². The molecule has 0 spiro atoms. The van der Waals surface area contributed by atoms with Gasteiger partial charge in [-0.3, -0.25) is 4.79 Å². The molecule has 1 fully saturated rings. The normalized spacial score (nSPS) is 15.2. The van der Waals surface area contributed by atoms with Crippen LogP contribution in [0.25, 0.3) is 0 Å². The first kappa shape index (κ1) is 23.0. The van der Waals surface area contributed by atoms with E-state index in [0.29, 0.717) is 18.8 Å². The standard InChI is InChI=1S/C26H28N2O4S/c1-19-10-12-21(13-11-19)25(20-8-4-3-5-9-20)27-26(29)23-18-22(14-15-24(23)32-2)33(30,31)28-16-6-7-17-28/h3-5,8-15,18,25H,6-7,16-17H2,1-2H3,(H,27,29). The number of aryl methyl sites for hydroxylation is 1. The smallest absolute Gasteiger partial charge is 0.255 e. The van der Waals surface area contributed by atoms with E-state index in [4.69, 9.17) is 4.74 Å². The van der Waals surface area contributed by atoms with E-state index < -0.39 is 22.0 Å². The summed E-state index contributed by atoms with van der Waals surface area (Å²) in [5, 5.41) is 3.08. The number of nitrogens with one attached hydrogen (secondary N) is 1. The SMILES string of the molecule is COc1ccc(S(=O)(=O)N2CCCC2)cc1C(=O)NC(c1ccccc1)c1ccc(C)cc1. The zero-order valence-electron chi connectivity index (χ0n) is 18.8. The van der Waals surface area contributed by atoms with Crippen molar-refractivity contribution in [2.75, 3.05) is 20.2 Å². The Labute approximate surface area is 195 Å². The Kier molecular flexibility index (Phi) is 6.81. The van der Waals surface area contributed by atoms with E-state index >= 15 is 0 Å². The topological polar surface area (TPSA) is 75.7 Å². The van der Waals surface area contributed by atoms with Gasteiger partial charge in [0, 0.05) is 13.1 Å². The molecule has 1 unspecified atom stereocenters. The second-order valence-electron chi connectivity index (χ2n) is 8.20. The van der Waals surface area contributed by atoms with Gasteiger partial charge in [0.1, 0.15) is 5.75 Å². The maximum absolute atomic E-state index is 13.4. The summed E-state index contributed by atoms with van der Waals surface area (Å²) < 4.78 is 33.0. The maximum atomic E-state index is 13.4. The Balaban J connectivity index is 1.70. The van der Waals surface area contributed by atoms with Crippen molar-refractivity contribution in [3.8, 4) is 5.75 Å². The van der Waals surface area contributed by atoms with Crippen LogP contribution < -0.4 is 10.1 Å². The van der Waals surface area contributed by atoms with Crippen molar-refractivity contribution in [2.24, 2.45) is 0 Å². The van der Waals surface area contributed by atoms with Crippen LogP contribution in [0, 0.1) is 6.92 Å². The Bertz CT molecular complexity index is 1220. The predicted molar refractivity (Wildman–Crippen MR) is 128 cm³/mol. The van der Waals surface area contributed by atoms with E-state index in [1.54, 1.807) is 6.07 Å². The van der Waals surface area contributed by atoms with Crippen molar-refractivity contribution in [1.82, 2.24) is 9.62 Å². The molecule has 4 rings (SSSR count). The second kappa shape index (κ2) is 9.77. The highest BCUT2D eigenvalue weighted by Crippen LogP contribution is 2.28. The molecule has 0 aromatic heterocycles. The molecule has 33 heavy (non-hydrogen) atoms. The van der Waals surface area contributed by atoms with Gasteiger partial charge in [-0.15, -0.1) is 0 Å². The van der Waals surface area contributed by atoms with Gasteiger partial charge in [-0.05, 0) is 49.1 Å². The van der Waals surface area contributed by atoms with Crippen LogP contribution in [0.1, 0.15) is 45.9 Å². The van der Waals surface area contributed by atoms with Crippen LogP contribution in [0.2, 0.25) is 0 Å². The van der Waals surface area contributed by atoms with Gasteiger partial charge in [-0.25, -0.2) is 8.42 Å². The van der Waals surface area contributed by atoms with Gasteiger partial charge < -0.3 is 10.1 Å². The van der Waals surface area contributed by atoms with Crippen LogP contribution in [0.4, 0.5) is 0 Å². The van der Waals surface area contributed by atoms with Crippen LogP contribution in [-0.4, -0.2) is 38.8 Å². The number of sulfonamides is 1. The molecule has 1 aliphatic rings. The minimum absolute atomic E-state index is 0.0990. The Morgan fingerprint density at radius 2 is 1.58 bits per heavy atom. The van der Waals surface area contributed by atoms with Crippen LogP contribution in [0.5, 0.6) is 5.75 Å². The highest BCUT2D eigenvalue weighted by molar-refractivity contribution is 7.89. The molecule has 1 heterocycles. The van der Waals surface area contributed by atoms with Crippen LogP contribution in [-0.2, 0) is 10.0 Å². The lowest BCUT2D eigenvalue weighted by atomic mass is 9.97. The first-order valence-corrected chi connectivity index (χ1v) is 12.4. The average Bonchev–Trinajstić information content (AvgIpc) is 3.39. The highest BCUT2D eigenvalue weighted by atomic mass is 32.2. The van der Waals surface area contributed by atoms with Gasteiger partial charge in [-0.1, -0.05) is 60.2 Å². The summed E-state index contributed by atoms with van der Waals surface area (Å²) in [6.07, 6.45) is 1.69. The third-order valence-electron chi connectivity index (χ3n) is 5.94. The number of hydrogen-bond acceptors (Lipinski definition) is 4. The van der Waals surface area contributed by atoms with Crippen molar-refractivity contribution in [3.63, 3.8) is 0 Å². The fourth-order valence-electron chi connectivity index (χ4n) is 4.07. The second-order valence-corrected chi connectivity index (χ2v) is 10.1. The number of nitrogens with zero attached hydrogens (tertiary/aromatic N) is 1. The maximum Gasteiger partial charge on any atom is 0.255 e. The molecule has 1 saturated heterocycles. The first-order valence-electron chi connectivity index (χ1n) is 11.0. The Hall–Kier alpha value is -3.16. The van der Waals surface area contributed by atoms with E-state index in [2.05, 4.69) is 5.32 Å². The molecule has 3 aromatic rings. The zero-order chi connectivity index (χ0) is 23.4. The lowest BCUT2D eigenvalue weighted by Gasteiger charge is -2.21. The van der Waals surface area contributed by atoms with Gasteiger partial charge in [0.25, 0.3) is 5.91 Å². The monoisotopic (exact) mass is 464 g/mol. The lowest BCUT2D eigenvalue weighted by Crippen LogP contribution is -2.31. The zero-order valence-corrected chi connectivity index (χ0v) is 19.6. The van der Waals surface area contributed by atoms with Gasteiger partial charge in [0.05, 0.1) is 23.6 Å². The third-order valence-corrected chi connectivity index (χ3v) is 7.83. The summed E-state index contributed by atoms with van der Waals surface area (Å²) in [6, 6.07) is 21.7. The number of carbonyl (C=O) groups is 1. The number of amides is 1. The fraction of sp³-hybridized carbons (Fsp3) is 0.269. The largest absolute Gasteiger partial charge is 0.496 e. The van der Waals surface area contributed by atoms with Gasteiger partial charge in [0.2, 0.25) is 10.0 Å². The minimum Gasteiger partial charge on any atom is -0.496 e. The highest BCUT2D eigenvalue weighted by Gasteiger charge is 2.29. The Morgan fingerprint density at radius 3 is 2.21 bits per heavy atom. The molecule has 0 aliphatic carbocycles. The lowest BCUT2D eigenvalue weighted by molar-refractivity contribution is 0.0939. The average molecular weight is 465 g/mol. The summed E-state index contributed by atoms with van der Waals surface area (Å²) in [6.45, 7) is 3.01. The van der Waals surface area contributed by atoms with Gasteiger partial charge >= 0.3 is 0 Å². The van der Waals surface area contributed by atoms with Crippen LogP contribution in [0.3, 0.4) is 0 Å². The summed E-state index contributed by atoms with van der Waals surface area (Å²) in [5.41, 5.74) is 3.17. The van der Waals surface area contributed by atoms with Crippen molar-refractivity contribution in [3.05, 3.63) is 95.1 Å². The molecular formula is C26H28N2O4S. The predicted octanol–water partition coefficient (Wildman–Crippen LogP) is 4.31. The van der Waals surface area contributed by atoms with Crippen molar-refractivity contribution >= 4 is 15.9 Å². The van der Waals surface area contributed by atoms with E-state index in [1.807, 2.05) is 61.5 Å². The number of rotatable bonds is 7. The van der Waals surface area contributed by atoms with Crippen LogP contribution in [0.15, 0.2) is 77.7 Å². The third kappa shape index (κ3) is 4.94. The molecule has 0 bridgehead atoms. The van der Waals surface area contributed by atoms with Crippen molar-refractivity contribution in [2.45, 2.75) is 30.7 Å². The van der Waals surface area contributed by atoms with E-state index in [0.717, 1.165) is 29.5 Å². The van der Waals surface area contributed by atoms with Crippen LogP contribution >= 0.6 is 0 Å². The first-order chi connectivity index (χ1) is 15.9. The summed E-state index contributed by atoms with van der Waals surface area (Å²) in [5.74, 6) is -0.0802. The number of methoxy groups -OCH3 is 1. The summed E-state index contributed by atoms with van der Waals surface area (Å²) in [7, 11) is -2.19. The molecule has 7 heteroatoms. The van der Waals surface area contributed by atoms with E-state index in [1.165, 1.54) is 23.5 Å². The summed E-state index contributed by atoms with van der Waals surface area (Å²) in [4.78, 5) is 13.5. The molecule has 0 radical (unpaired) electrons. The molecular weight excluding hydrogens is 436 g/mol. The van der Waals surface area contributed by atoms with E-state index in [9.17, 15) is 13.2 Å². The number of benzene rings is 3. The van der Waals surface area contributed by atoms with Crippen molar-refractivity contribution in [1.29, 1.82) is 0 Å². The molecule has 3 aromatic carbocycles. The minimum atomic E-state index is -3.66. The number of carbonyl (C=O) groups excluding carboxylic acids is 1. The van der Waals surface area contributed by atoms with Gasteiger partial charge in [-0.2, -0.15) is 4.31 Å². The molecule has 1 N–H and O–H groups in total. The molecule has 172 valence electrons. The fourth-order valence-corrected chi connectivity index (χ4v) is 5.62. The molecule has 0 saturated carbocycles. The number of hydrogen-bond donors (Lipinski definition) is 1. The quantitative estimate of drug-likeness (QED) is 0.565. The van der Waals surface area contributed by atoms with Crippen molar-refractivity contribution < 1.29 is 17.9 Å². The molecule has 6 nitrogen and oxygen atoms in total. The van der Waals surface area contributed by atoms with Gasteiger partial charge in [0.15, 0.2) is 0 Å². The molecule has 1 amide bonds. The molecule has 1 aliphatic heterocycles. The Morgan fingerprint density at radius 1 is 0.939 bits per heavy atom. The summed E-state index contributed by atoms with van der Waals surface area (Å²) >= 11 is 0. The molecule has 1 atom stereocenters.